The number of aliphatic carboxylic acids is 1. The second kappa shape index (κ2) is 7.88. The highest BCUT2D eigenvalue weighted by Gasteiger charge is 2.45. The number of hydrogen-bond donors (Lipinski definition) is 3. The maximum Gasteiger partial charge on any atom is 0.413 e. The Balaban J connectivity index is 2.06. The first-order chi connectivity index (χ1) is 12.1. The summed E-state index contributed by atoms with van der Waals surface area (Å²) in [5, 5.41) is 12.8. The smallest absolute Gasteiger partial charge is 0.413 e. The molecule has 1 atom stereocenters. The van der Waals surface area contributed by atoms with Crippen molar-refractivity contribution in [2.75, 3.05) is 0 Å². The Morgan fingerprint density at radius 1 is 1.08 bits per heavy atom. The van der Waals surface area contributed by atoms with Crippen LogP contribution in [0.15, 0.2) is 18.2 Å². The van der Waals surface area contributed by atoms with Gasteiger partial charge in [0.15, 0.2) is 6.04 Å². The number of carbonyl (C=O) groups excluding carboxylic acids is 1. The maximum atomic E-state index is 13.7. The molecular weight excluding hydrogens is 363 g/mol. The van der Waals surface area contributed by atoms with Gasteiger partial charge in [-0.1, -0.05) is 6.07 Å². The summed E-state index contributed by atoms with van der Waals surface area (Å²) in [6.07, 6.45) is -3.97. The van der Waals surface area contributed by atoms with E-state index in [1.807, 2.05) is 0 Å². The molecule has 0 bridgehead atoms. The predicted octanol–water partition coefficient (Wildman–Crippen LogP) is 3.51. The summed E-state index contributed by atoms with van der Waals surface area (Å²) in [5.74, 6) is -4.35. The van der Waals surface area contributed by atoms with Crippen LogP contribution in [0.3, 0.4) is 0 Å². The predicted molar refractivity (Wildman–Crippen MR) is 80.2 cm³/mol. The second-order valence-electron chi connectivity index (χ2n) is 6.11. The van der Waals surface area contributed by atoms with Gasteiger partial charge in [-0.15, -0.1) is 0 Å². The minimum atomic E-state index is -5.11. The summed E-state index contributed by atoms with van der Waals surface area (Å²) < 4.78 is 67.0. The summed E-state index contributed by atoms with van der Waals surface area (Å²) in [7, 11) is 0. The highest BCUT2D eigenvalue weighted by atomic mass is 19.4. The largest absolute Gasteiger partial charge is 0.481 e. The molecule has 0 spiro atoms. The molecule has 10 heteroatoms. The molecule has 1 saturated carbocycles. The molecule has 2 amide bonds. The van der Waals surface area contributed by atoms with E-state index in [9.17, 15) is 31.5 Å². The zero-order chi connectivity index (χ0) is 19.5. The molecule has 1 aliphatic carbocycles. The Hall–Kier alpha value is -2.39. The lowest BCUT2D eigenvalue weighted by molar-refractivity contribution is -0.156. The van der Waals surface area contributed by atoms with Crippen molar-refractivity contribution >= 4 is 12.0 Å². The van der Waals surface area contributed by atoms with Crippen molar-refractivity contribution in [1.29, 1.82) is 0 Å². The van der Waals surface area contributed by atoms with Gasteiger partial charge in [0.05, 0.1) is 11.5 Å². The van der Waals surface area contributed by atoms with Gasteiger partial charge >= 0.3 is 18.2 Å². The van der Waals surface area contributed by atoms with Gasteiger partial charge < -0.3 is 15.7 Å². The molecule has 0 aromatic heterocycles. The van der Waals surface area contributed by atoms with Crippen LogP contribution >= 0.6 is 0 Å². The van der Waals surface area contributed by atoms with Gasteiger partial charge in [-0.2, -0.15) is 13.2 Å². The zero-order valence-corrected chi connectivity index (χ0v) is 13.4. The molecule has 1 aromatic rings. The second-order valence-corrected chi connectivity index (χ2v) is 6.11. The number of amides is 2. The molecule has 1 aliphatic rings. The quantitative estimate of drug-likeness (QED) is 0.700. The average molecular weight is 380 g/mol. The van der Waals surface area contributed by atoms with Crippen LogP contribution in [0.25, 0.3) is 0 Å². The first-order valence-electron chi connectivity index (χ1n) is 7.90. The van der Waals surface area contributed by atoms with Gasteiger partial charge in [-0.05, 0) is 37.8 Å². The van der Waals surface area contributed by atoms with Crippen molar-refractivity contribution in [1.82, 2.24) is 10.6 Å². The summed E-state index contributed by atoms with van der Waals surface area (Å²) in [6, 6.07) is -2.33. The fourth-order valence-corrected chi connectivity index (χ4v) is 2.95. The fourth-order valence-electron chi connectivity index (χ4n) is 2.95. The van der Waals surface area contributed by atoms with E-state index < -0.39 is 53.4 Å². The lowest BCUT2D eigenvalue weighted by Crippen LogP contribution is -2.48. The number of carbonyl (C=O) groups is 2. The topological polar surface area (TPSA) is 78.4 Å². The molecule has 26 heavy (non-hydrogen) atoms. The summed E-state index contributed by atoms with van der Waals surface area (Å²) in [5.41, 5.74) is -1.29. The number of halogens is 5. The molecule has 144 valence electrons. The minimum Gasteiger partial charge on any atom is -0.481 e. The van der Waals surface area contributed by atoms with Crippen LogP contribution in [-0.2, 0) is 4.79 Å². The van der Waals surface area contributed by atoms with E-state index in [-0.39, 0.29) is 25.7 Å². The number of urea groups is 1. The molecule has 5 nitrogen and oxygen atoms in total. The van der Waals surface area contributed by atoms with E-state index in [0.717, 1.165) is 6.07 Å². The molecule has 1 fully saturated rings. The van der Waals surface area contributed by atoms with Gasteiger partial charge in [-0.3, -0.25) is 4.79 Å². The lowest BCUT2D eigenvalue weighted by atomic mass is 9.86. The first kappa shape index (κ1) is 19.9. The molecule has 0 saturated heterocycles. The van der Waals surface area contributed by atoms with Crippen LogP contribution in [0, 0.1) is 17.6 Å². The Morgan fingerprint density at radius 2 is 1.62 bits per heavy atom. The lowest BCUT2D eigenvalue weighted by Gasteiger charge is -2.28. The normalized spacial score (nSPS) is 21.7. The Morgan fingerprint density at radius 3 is 2.08 bits per heavy atom. The highest BCUT2D eigenvalue weighted by Crippen LogP contribution is 2.35. The summed E-state index contributed by atoms with van der Waals surface area (Å²) in [4.78, 5) is 22.8. The number of carboxylic acids is 1. The van der Waals surface area contributed by atoms with Crippen LogP contribution in [0.5, 0.6) is 0 Å². The van der Waals surface area contributed by atoms with E-state index in [4.69, 9.17) is 5.11 Å². The molecule has 1 unspecified atom stereocenters. The zero-order valence-electron chi connectivity index (χ0n) is 13.4. The SMILES string of the molecule is O=C(NC1CCC(C(=O)O)CC1)NC(c1c(F)cccc1F)C(F)(F)F. The summed E-state index contributed by atoms with van der Waals surface area (Å²) in [6.45, 7) is 0. The van der Waals surface area contributed by atoms with Gasteiger partial charge in [-0.25, -0.2) is 13.6 Å². The fraction of sp³-hybridized carbons (Fsp3) is 0.500. The number of nitrogens with one attached hydrogen (secondary N) is 2. The average Bonchev–Trinajstić information content (AvgIpc) is 2.53. The molecule has 1 aromatic carbocycles. The third-order valence-electron chi connectivity index (χ3n) is 4.30. The van der Waals surface area contributed by atoms with Gasteiger partial charge in [0.1, 0.15) is 11.6 Å². The van der Waals surface area contributed by atoms with Crippen LogP contribution < -0.4 is 10.6 Å². The number of alkyl halides is 3. The van der Waals surface area contributed by atoms with Crippen LogP contribution in [0.2, 0.25) is 0 Å². The van der Waals surface area contributed by atoms with E-state index in [0.29, 0.717) is 12.1 Å². The van der Waals surface area contributed by atoms with Crippen molar-refractivity contribution in [3.63, 3.8) is 0 Å². The third-order valence-corrected chi connectivity index (χ3v) is 4.30. The number of benzene rings is 1. The number of hydrogen-bond acceptors (Lipinski definition) is 2. The maximum absolute atomic E-state index is 13.7. The third kappa shape index (κ3) is 4.83. The monoisotopic (exact) mass is 380 g/mol. The standard InChI is InChI=1S/C16H17F5N2O3/c17-10-2-1-3-11(18)12(10)13(16(19,20)21)23-15(26)22-9-6-4-8(5-7-9)14(24)25/h1-3,8-9,13H,4-7H2,(H,24,25)(H2,22,23,26). The summed E-state index contributed by atoms with van der Waals surface area (Å²) >= 11 is 0. The number of rotatable bonds is 4. The number of carboxylic acid groups (broad SMARTS) is 1. The minimum absolute atomic E-state index is 0.283. The molecule has 2 rings (SSSR count). The Kier molecular flexibility index (Phi) is 6.04. The molecule has 0 heterocycles. The van der Waals surface area contributed by atoms with E-state index >= 15 is 0 Å². The van der Waals surface area contributed by atoms with Gasteiger partial charge in [0, 0.05) is 6.04 Å². The highest BCUT2D eigenvalue weighted by molar-refractivity contribution is 5.75. The van der Waals surface area contributed by atoms with E-state index in [2.05, 4.69) is 5.32 Å². The Labute approximate surface area is 145 Å². The van der Waals surface area contributed by atoms with Crippen LogP contribution in [0.1, 0.15) is 37.3 Å². The first-order valence-corrected chi connectivity index (χ1v) is 7.90. The van der Waals surface area contributed by atoms with Crippen LogP contribution in [0.4, 0.5) is 26.7 Å². The van der Waals surface area contributed by atoms with Crippen molar-refractivity contribution < 1.29 is 36.6 Å². The van der Waals surface area contributed by atoms with Crippen molar-refractivity contribution in [3.8, 4) is 0 Å². The molecule has 0 aliphatic heterocycles. The molecule has 0 radical (unpaired) electrons. The Bertz CT molecular complexity index is 652. The van der Waals surface area contributed by atoms with Gasteiger partial charge in [0.2, 0.25) is 0 Å². The van der Waals surface area contributed by atoms with Crippen molar-refractivity contribution in [2.24, 2.45) is 5.92 Å². The van der Waals surface area contributed by atoms with E-state index in [1.165, 1.54) is 0 Å². The van der Waals surface area contributed by atoms with Crippen LogP contribution in [-0.4, -0.2) is 29.3 Å². The van der Waals surface area contributed by atoms with E-state index in [1.54, 1.807) is 5.32 Å². The van der Waals surface area contributed by atoms with Crippen molar-refractivity contribution in [3.05, 3.63) is 35.4 Å². The molecule has 3 N–H and O–H groups in total. The van der Waals surface area contributed by atoms with Gasteiger partial charge in [0.25, 0.3) is 0 Å². The van der Waals surface area contributed by atoms with Crippen molar-refractivity contribution in [2.45, 2.75) is 43.9 Å². The molecular formula is C16H17F5N2O3.